The summed E-state index contributed by atoms with van der Waals surface area (Å²) in [5.41, 5.74) is 0. The van der Waals surface area contributed by atoms with Gasteiger partial charge in [-0.05, 0) is 31.2 Å². The number of anilines is 1. The van der Waals surface area contributed by atoms with E-state index in [0.717, 1.165) is 38.0 Å². The van der Waals surface area contributed by atoms with Crippen molar-refractivity contribution in [1.29, 1.82) is 0 Å². The molecule has 0 bridgehead atoms. The molecule has 0 aliphatic carbocycles. The molecule has 1 atom stereocenters. The van der Waals surface area contributed by atoms with Gasteiger partial charge >= 0.3 is 0 Å². The predicted octanol–water partition coefficient (Wildman–Crippen LogP) is 2.75. The summed E-state index contributed by atoms with van der Waals surface area (Å²) in [6.45, 7) is 9.32. The third-order valence-electron chi connectivity index (χ3n) is 3.51. The highest BCUT2D eigenvalue weighted by molar-refractivity contribution is 7.15. The van der Waals surface area contributed by atoms with Crippen molar-refractivity contribution in [1.82, 2.24) is 10.3 Å². The minimum absolute atomic E-state index is 0.653. The van der Waals surface area contributed by atoms with Crippen molar-refractivity contribution in [3.05, 3.63) is 11.1 Å². The molecule has 1 aromatic heterocycles. The number of nitrogens with one attached hydrogen (secondary N) is 1. The molecule has 1 aliphatic rings. The molecular weight excluding hydrogens is 270 g/mol. The molecule has 1 N–H and O–H groups in total. The monoisotopic (exact) mass is 297 g/mol. The second kappa shape index (κ2) is 7.96. The average Bonchev–Trinajstić information content (AvgIpc) is 2.88. The third kappa shape index (κ3) is 5.04. The lowest BCUT2D eigenvalue weighted by molar-refractivity contribution is 0.0576. The van der Waals surface area contributed by atoms with Crippen LogP contribution in [0, 0.1) is 11.8 Å². The first-order chi connectivity index (χ1) is 9.65. The number of hydrogen-bond acceptors (Lipinski definition) is 5. The zero-order chi connectivity index (χ0) is 14.4. The molecule has 0 radical (unpaired) electrons. The molecule has 1 saturated heterocycles. The highest BCUT2D eigenvalue weighted by Crippen LogP contribution is 2.24. The second-order valence-electron chi connectivity index (χ2n) is 6.10. The van der Waals surface area contributed by atoms with Gasteiger partial charge in [-0.2, -0.15) is 0 Å². The Bertz CT molecular complexity index is 388. The molecule has 0 amide bonds. The SMILES string of the molecule is CC(C)CNCc1cnc(N(C)CC2CCCOC2)s1. The van der Waals surface area contributed by atoms with Crippen LogP contribution in [-0.2, 0) is 11.3 Å². The van der Waals surface area contributed by atoms with E-state index in [0.29, 0.717) is 11.8 Å². The van der Waals surface area contributed by atoms with Gasteiger partial charge < -0.3 is 15.0 Å². The van der Waals surface area contributed by atoms with Crippen LogP contribution in [0.1, 0.15) is 31.6 Å². The fourth-order valence-electron chi connectivity index (χ4n) is 2.46. The Hall–Kier alpha value is -0.650. The van der Waals surface area contributed by atoms with Gasteiger partial charge in [0.2, 0.25) is 0 Å². The van der Waals surface area contributed by atoms with Gasteiger partial charge in [-0.1, -0.05) is 13.8 Å². The Morgan fingerprint density at radius 2 is 2.40 bits per heavy atom. The molecule has 1 fully saturated rings. The highest BCUT2D eigenvalue weighted by atomic mass is 32.1. The molecule has 1 unspecified atom stereocenters. The van der Waals surface area contributed by atoms with E-state index in [2.05, 4.69) is 36.1 Å². The summed E-state index contributed by atoms with van der Waals surface area (Å²) in [7, 11) is 2.14. The quantitative estimate of drug-likeness (QED) is 0.840. The number of thiazole rings is 1. The van der Waals surface area contributed by atoms with Crippen molar-refractivity contribution in [3.63, 3.8) is 0 Å². The van der Waals surface area contributed by atoms with E-state index in [1.54, 1.807) is 11.3 Å². The average molecular weight is 297 g/mol. The van der Waals surface area contributed by atoms with Crippen LogP contribution in [0.4, 0.5) is 5.13 Å². The van der Waals surface area contributed by atoms with Gasteiger partial charge in [-0.3, -0.25) is 0 Å². The molecule has 114 valence electrons. The molecule has 2 rings (SSSR count). The lowest BCUT2D eigenvalue weighted by Gasteiger charge is -2.26. The van der Waals surface area contributed by atoms with Crippen molar-refractivity contribution in [2.75, 3.05) is 38.3 Å². The fourth-order valence-corrected chi connectivity index (χ4v) is 3.31. The second-order valence-corrected chi connectivity index (χ2v) is 7.19. The molecule has 0 saturated carbocycles. The lowest BCUT2D eigenvalue weighted by Crippen LogP contribution is -2.30. The summed E-state index contributed by atoms with van der Waals surface area (Å²) in [6, 6.07) is 0. The minimum Gasteiger partial charge on any atom is -0.381 e. The molecule has 4 nitrogen and oxygen atoms in total. The maximum Gasteiger partial charge on any atom is 0.185 e. The van der Waals surface area contributed by atoms with Crippen LogP contribution in [0.2, 0.25) is 0 Å². The summed E-state index contributed by atoms with van der Waals surface area (Å²) < 4.78 is 5.55. The normalized spacial score (nSPS) is 19.5. The van der Waals surface area contributed by atoms with Crippen LogP contribution in [0.3, 0.4) is 0 Å². The van der Waals surface area contributed by atoms with Gasteiger partial charge in [-0.15, -0.1) is 11.3 Å². The predicted molar refractivity (Wildman–Crippen MR) is 85.5 cm³/mol. The van der Waals surface area contributed by atoms with Gasteiger partial charge in [0.1, 0.15) is 0 Å². The van der Waals surface area contributed by atoms with Crippen LogP contribution < -0.4 is 10.2 Å². The third-order valence-corrected chi connectivity index (χ3v) is 4.62. The van der Waals surface area contributed by atoms with Gasteiger partial charge in [-0.25, -0.2) is 4.98 Å². The van der Waals surface area contributed by atoms with Gasteiger partial charge in [0.25, 0.3) is 0 Å². The summed E-state index contributed by atoms with van der Waals surface area (Å²) in [4.78, 5) is 8.13. The molecular formula is C15H27N3OS. The summed E-state index contributed by atoms with van der Waals surface area (Å²) in [5, 5.41) is 4.59. The first-order valence-electron chi connectivity index (χ1n) is 7.59. The van der Waals surface area contributed by atoms with E-state index in [1.807, 2.05) is 6.20 Å². The summed E-state index contributed by atoms with van der Waals surface area (Å²) in [5.74, 6) is 1.34. The number of nitrogens with zero attached hydrogens (tertiary/aromatic N) is 2. The van der Waals surface area contributed by atoms with Crippen LogP contribution in [-0.4, -0.2) is 38.3 Å². The Balaban J connectivity index is 1.78. The van der Waals surface area contributed by atoms with Crippen LogP contribution in [0.25, 0.3) is 0 Å². The van der Waals surface area contributed by atoms with Crippen molar-refractivity contribution >= 4 is 16.5 Å². The van der Waals surface area contributed by atoms with Crippen LogP contribution >= 0.6 is 11.3 Å². The number of rotatable bonds is 7. The van der Waals surface area contributed by atoms with Gasteiger partial charge in [0, 0.05) is 37.8 Å². The molecule has 20 heavy (non-hydrogen) atoms. The number of ether oxygens (including phenoxy) is 1. The summed E-state index contributed by atoms with van der Waals surface area (Å²) in [6.07, 6.45) is 4.47. The Kier molecular flexibility index (Phi) is 6.26. The number of hydrogen-bond donors (Lipinski definition) is 1. The van der Waals surface area contributed by atoms with E-state index in [1.165, 1.54) is 17.7 Å². The van der Waals surface area contributed by atoms with Gasteiger partial charge in [0.05, 0.1) is 6.61 Å². The zero-order valence-corrected chi connectivity index (χ0v) is 13.7. The van der Waals surface area contributed by atoms with Crippen LogP contribution in [0.5, 0.6) is 0 Å². The molecule has 1 aliphatic heterocycles. The van der Waals surface area contributed by atoms with Crippen molar-refractivity contribution < 1.29 is 4.74 Å². The first kappa shape index (κ1) is 15.7. The fraction of sp³-hybridized carbons (Fsp3) is 0.800. The van der Waals surface area contributed by atoms with E-state index in [9.17, 15) is 0 Å². The Morgan fingerprint density at radius 1 is 1.55 bits per heavy atom. The van der Waals surface area contributed by atoms with E-state index in [4.69, 9.17) is 4.74 Å². The Morgan fingerprint density at radius 3 is 3.10 bits per heavy atom. The molecule has 0 aromatic carbocycles. The smallest absolute Gasteiger partial charge is 0.185 e. The first-order valence-corrected chi connectivity index (χ1v) is 8.41. The molecule has 5 heteroatoms. The van der Waals surface area contributed by atoms with Gasteiger partial charge in [0.15, 0.2) is 5.13 Å². The van der Waals surface area contributed by atoms with E-state index in [-0.39, 0.29) is 0 Å². The van der Waals surface area contributed by atoms with Crippen LogP contribution in [0.15, 0.2) is 6.20 Å². The topological polar surface area (TPSA) is 37.4 Å². The molecule has 0 spiro atoms. The number of aromatic nitrogens is 1. The highest BCUT2D eigenvalue weighted by Gasteiger charge is 2.17. The van der Waals surface area contributed by atoms with Crippen molar-refractivity contribution in [2.24, 2.45) is 11.8 Å². The molecule has 2 heterocycles. The standard InChI is InChI=1S/C15H27N3OS/c1-12(2)7-16-8-14-9-17-15(20-14)18(3)10-13-5-4-6-19-11-13/h9,12-13,16H,4-8,10-11H2,1-3H3. The van der Waals surface area contributed by atoms with E-state index < -0.39 is 0 Å². The zero-order valence-electron chi connectivity index (χ0n) is 12.9. The minimum atomic E-state index is 0.653. The molecule has 1 aromatic rings. The van der Waals surface area contributed by atoms with Crippen molar-refractivity contribution in [3.8, 4) is 0 Å². The van der Waals surface area contributed by atoms with Crippen molar-refractivity contribution in [2.45, 2.75) is 33.2 Å². The summed E-state index contributed by atoms with van der Waals surface area (Å²) >= 11 is 1.79. The lowest BCUT2D eigenvalue weighted by atomic mass is 10.0. The largest absolute Gasteiger partial charge is 0.381 e. The van der Waals surface area contributed by atoms with E-state index >= 15 is 0 Å². The maximum absolute atomic E-state index is 5.55. The maximum atomic E-state index is 5.55. The Labute approximate surface area is 126 Å².